The van der Waals surface area contributed by atoms with E-state index in [1.54, 1.807) is 38.5 Å². The van der Waals surface area contributed by atoms with Crippen LogP contribution in [0.1, 0.15) is 73.9 Å². The van der Waals surface area contributed by atoms with Crippen LogP contribution in [0.4, 0.5) is 0 Å². The molecule has 10 heteroatoms. The van der Waals surface area contributed by atoms with Gasteiger partial charge in [-0.15, -0.1) is 0 Å². The van der Waals surface area contributed by atoms with Crippen molar-refractivity contribution in [2.24, 2.45) is 10.2 Å². The molecule has 44 heavy (non-hydrogen) atoms. The Labute approximate surface area is 257 Å². The predicted octanol–water partition coefficient (Wildman–Crippen LogP) is 5.90. The van der Waals surface area contributed by atoms with Crippen molar-refractivity contribution in [1.82, 2.24) is 10.0 Å². The Bertz CT molecular complexity index is 1480. The Morgan fingerprint density at radius 2 is 1.02 bits per heavy atom. The summed E-state index contributed by atoms with van der Waals surface area (Å²) in [6, 6.07) is 18.6. The zero-order chi connectivity index (χ0) is 31.4. The highest BCUT2D eigenvalue weighted by Crippen LogP contribution is 2.43. The van der Waals surface area contributed by atoms with E-state index >= 15 is 0 Å². The Hall–Kier alpha value is -4.86. The molecule has 3 aromatic rings. The van der Waals surface area contributed by atoms with E-state index in [4.69, 9.17) is 29.2 Å². The molecule has 0 aliphatic carbocycles. The third kappa shape index (κ3) is 5.59. The second-order valence-corrected chi connectivity index (χ2v) is 10.5. The SMILES string of the molecule is CCC(=O)N1N=C(c2ccc(C3=NN(C(=O)CC)C(c4cccc(OC)c4OC)C3)cc2)CC1c1cccc(OC)c1OC. The van der Waals surface area contributed by atoms with E-state index in [-0.39, 0.29) is 23.9 Å². The number of carbonyl (C=O) groups is 2. The van der Waals surface area contributed by atoms with E-state index in [0.717, 1.165) is 33.7 Å². The fraction of sp³-hybridized carbons (Fsp3) is 0.353. The molecule has 0 saturated carbocycles. The summed E-state index contributed by atoms with van der Waals surface area (Å²) in [7, 11) is 6.38. The highest BCUT2D eigenvalue weighted by Gasteiger charge is 2.36. The van der Waals surface area contributed by atoms with Gasteiger partial charge in [-0.3, -0.25) is 9.59 Å². The van der Waals surface area contributed by atoms with Gasteiger partial charge in [0.2, 0.25) is 11.8 Å². The summed E-state index contributed by atoms with van der Waals surface area (Å²) < 4.78 is 22.4. The first kappa shape index (κ1) is 30.6. The van der Waals surface area contributed by atoms with Crippen LogP contribution in [0.5, 0.6) is 23.0 Å². The number of hydrogen-bond acceptors (Lipinski definition) is 8. The maximum atomic E-state index is 13.0. The lowest BCUT2D eigenvalue weighted by Gasteiger charge is -2.24. The maximum absolute atomic E-state index is 13.0. The molecule has 5 rings (SSSR count). The predicted molar refractivity (Wildman–Crippen MR) is 168 cm³/mol. The molecule has 2 heterocycles. The van der Waals surface area contributed by atoms with Crippen LogP contribution >= 0.6 is 0 Å². The van der Waals surface area contributed by atoms with Crippen LogP contribution in [0.15, 0.2) is 70.9 Å². The molecule has 2 aliphatic heterocycles. The highest BCUT2D eigenvalue weighted by atomic mass is 16.5. The number of hydrazone groups is 2. The number of para-hydroxylation sites is 2. The summed E-state index contributed by atoms with van der Waals surface area (Å²) in [5.74, 6) is 2.23. The Kier molecular flexibility index (Phi) is 9.18. The molecule has 0 saturated heterocycles. The van der Waals surface area contributed by atoms with Crippen LogP contribution in [-0.4, -0.2) is 61.7 Å². The van der Waals surface area contributed by atoms with Crippen molar-refractivity contribution < 1.29 is 28.5 Å². The third-order valence-corrected chi connectivity index (χ3v) is 8.07. The number of amides is 2. The van der Waals surface area contributed by atoms with E-state index in [1.807, 2.05) is 74.5 Å². The summed E-state index contributed by atoms with van der Waals surface area (Å²) in [5, 5.41) is 12.7. The molecular formula is C34H38N4O6. The van der Waals surface area contributed by atoms with Gasteiger partial charge in [0.1, 0.15) is 0 Å². The van der Waals surface area contributed by atoms with Crippen molar-refractivity contribution in [2.45, 2.75) is 51.6 Å². The molecule has 2 aliphatic rings. The van der Waals surface area contributed by atoms with Crippen LogP contribution < -0.4 is 18.9 Å². The quantitative estimate of drug-likeness (QED) is 0.288. The van der Waals surface area contributed by atoms with Gasteiger partial charge in [0.05, 0.1) is 51.9 Å². The highest BCUT2D eigenvalue weighted by molar-refractivity contribution is 6.06. The summed E-state index contributed by atoms with van der Waals surface area (Å²) in [4.78, 5) is 26.0. The molecule has 230 valence electrons. The number of ether oxygens (including phenoxy) is 4. The minimum atomic E-state index is -0.325. The number of rotatable bonds is 10. The van der Waals surface area contributed by atoms with Crippen LogP contribution in [0.3, 0.4) is 0 Å². The van der Waals surface area contributed by atoms with Crippen LogP contribution in [0.2, 0.25) is 0 Å². The first-order chi connectivity index (χ1) is 21.4. The number of benzene rings is 3. The summed E-state index contributed by atoms with van der Waals surface area (Å²) >= 11 is 0. The molecule has 10 nitrogen and oxygen atoms in total. The number of hydrogen-bond donors (Lipinski definition) is 0. The van der Waals surface area contributed by atoms with Gasteiger partial charge in [-0.25, -0.2) is 10.0 Å². The molecule has 2 amide bonds. The van der Waals surface area contributed by atoms with Crippen molar-refractivity contribution in [2.75, 3.05) is 28.4 Å². The van der Waals surface area contributed by atoms with E-state index < -0.39 is 0 Å². The zero-order valence-electron chi connectivity index (χ0n) is 26.0. The monoisotopic (exact) mass is 598 g/mol. The van der Waals surface area contributed by atoms with Gasteiger partial charge in [0.15, 0.2) is 23.0 Å². The lowest BCUT2D eigenvalue weighted by atomic mass is 9.94. The fourth-order valence-corrected chi connectivity index (χ4v) is 5.84. The molecule has 0 spiro atoms. The molecule has 2 atom stereocenters. The van der Waals surface area contributed by atoms with Crippen LogP contribution in [-0.2, 0) is 9.59 Å². The van der Waals surface area contributed by atoms with Crippen molar-refractivity contribution in [1.29, 1.82) is 0 Å². The second-order valence-electron chi connectivity index (χ2n) is 10.5. The summed E-state index contributed by atoms with van der Waals surface area (Å²) in [5.41, 5.74) is 5.07. The molecule has 3 aromatic carbocycles. The number of nitrogens with zero attached hydrogens (tertiary/aromatic N) is 4. The average Bonchev–Trinajstić information content (AvgIpc) is 3.72. The first-order valence-electron chi connectivity index (χ1n) is 14.7. The van der Waals surface area contributed by atoms with Crippen LogP contribution in [0.25, 0.3) is 0 Å². The van der Waals surface area contributed by atoms with Crippen molar-refractivity contribution >= 4 is 23.2 Å². The topological polar surface area (TPSA) is 102 Å². The Morgan fingerprint density at radius 3 is 1.34 bits per heavy atom. The lowest BCUT2D eigenvalue weighted by Crippen LogP contribution is -2.26. The largest absolute Gasteiger partial charge is 0.493 e. The molecule has 0 bridgehead atoms. The second kappa shape index (κ2) is 13.2. The normalized spacial score (nSPS) is 17.7. The van der Waals surface area contributed by atoms with Crippen LogP contribution in [0, 0.1) is 0 Å². The van der Waals surface area contributed by atoms with Gasteiger partial charge in [-0.2, -0.15) is 10.2 Å². The van der Waals surface area contributed by atoms with Gasteiger partial charge in [0.25, 0.3) is 0 Å². The van der Waals surface area contributed by atoms with Gasteiger partial charge in [0, 0.05) is 36.8 Å². The molecule has 0 fully saturated rings. The van der Waals surface area contributed by atoms with Gasteiger partial charge >= 0.3 is 0 Å². The van der Waals surface area contributed by atoms with Gasteiger partial charge < -0.3 is 18.9 Å². The Morgan fingerprint density at radius 1 is 0.636 bits per heavy atom. The summed E-state index contributed by atoms with van der Waals surface area (Å²) in [6.45, 7) is 3.65. The van der Waals surface area contributed by atoms with E-state index in [2.05, 4.69) is 0 Å². The molecule has 2 unspecified atom stereocenters. The molecule has 0 N–H and O–H groups in total. The van der Waals surface area contributed by atoms with E-state index in [1.165, 1.54) is 0 Å². The minimum absolute atomic E-state index is 0.0773. The van der Waals surface area contributed by atoms with Gasteiger partial charge in [-0.1, -0.05) is 62.4 Å². The molecular weight excluding hydrogens is 560 g/mol. The summed E-state index contributed by atoms with van der Waals surface area (Å²) in [6.07, 6.45) is 1.69. The first-order valence-corrected chi connectivity index (χ1v) is 14.7. The Balaban J connectivity index is 1.43. The molecule has 0 radical (unpaired) electrons. The van der Waals surface area contributed by atoms with Crippen molar-refractivity contribution in [3.63, 3.8) is 0 Å². The van der Waals surface area contributed by atoms with Crippen molar-refractivity contribution in [3.8, 4) is 23.0 Å². The lowest BCUT2D eigenvalue weighted by molar-refractivity contribution is -0.133. The minimum Gasteiger partial charge on any atom is -0.493 e. The fourth-order valence-electron chi connectivity index (χ4n) is 5.84. The average molecular weight is 599 g/mol. The molecule has 0 aromatic heterocycles. The third-order valence-electron chi connectivity index (χ3n) is 8.07. The maximum Gasteiger partial charge on any atom is 0.242 e. The van der Waals surface area contributed by atoms with E-state index in [0.29, 0.717) is 48.7 Å². The number of carbonyl (C=O) groups excluding carboxylic acids is 2. The van der Waals surface area contributed by atoms with E-state index in [9.17, 15) is 9.59 Å². The van der Waals surface area contributed by atoms with Gasteiger partial charge in [-0.05, 0) is 23.3 Å². The standard InChI is InChI=1S/C34H38N4O6/c1-7-31(39)37-27(23-11-9-13-29(41-3)33(23)43-5)19-25(35-37)21-15-17-22(18-16-21)26-20-28(38(36-26)32(40)8-2)24-12-10-14-30(42-4)34(24)44-6/h9-18,27-28H,7-8,19-20H2,1-6H3. The zero-order valence-corrected chi connectivity index (χ0v) is 26.0. The smallest absolute Gasteiger partial charge is 0.242 e. The van der Waals surface area contributed by atoms with Crippen molar-refractivity contribution in [3.05, 3.63) is 82.9 Å². The number of methoxy groups -OCH3 is 4.